The summed E-state index contributed by atoms with van der Waals surface area (Å²) < 4.78 is 23.1. The first-order valence-electron chi connectivity index (χ1n) is 13.6. The summed E-state index contributed by atoms with van der Waals surface area (Å²) in [5.74, 6) is -0.726. The topological polar surface area (TPSA) is 103 Å². The van der Waals surface area contributed by atoms with E-state index in [4.69, 9.17) is 18.9 Å². The molecule has 0 aromatic heterocycles. The molecular weight excluding hydrogens is 498 g/mol. The Hall–Kier alpha value is -2.94. The maximum atomic E-state index is 13.3. The Balaban J connectivity index is 2.14. The molecule has 8 nitrogen and oxygen atoms in total. The number of benzene rings is 2. The quantitative estimate of drug-likeness (QED) is 0.307. The molecular formula is C31H45NO7. The Kier molecular flexibility index (Phi) is 13.4. The zero-order valence-electron chi connectivity index (χ0n) is 24.1. The van der Waals surface area contributed by atoms with Crippen molar-refractivity contribution < 1.29 is 33.6 Å². The van der Waals surface area contributed by atoms with E-state index in [9.17, 15) is 14.7 Å². The van der Waals surface area contributed by atoms with Crippen LogP contribution in [0.2, 0.25) is 0 Å². The number of ether oxygens (including phenoxy) is 4. The van der Waals surface area contributed by atoms with Crippen LogP contribution in [0.25, 0.3) is 0 Å². The smallest absolute Gasteiger partial charge is 0.408 e. The van der Waals surface area contributed by atoms with Crippen LogP contribution in [0.3, 0.4) is 0 Å². The van der Waals surface area contributed by atoms with Crippen molar-refractivity contribution in [2.24, 2.45) is 11.8 Å². The summed E-state index contributed by atoms with van der Waals surface area (Å²) in [6, 6.07) is 18.2. The van der Waals surface area contributed by atoms with Crippen molar-refractivity contribution in [2.45, 2.75) is 78.4 Å². The largest absolute Gasteiger partial charge is 0.458 e. The molecule has 1 amide bonds. The molecule has 0 aliphatic rings. The van der Waals surface area contributed by atoms with Gasteiger partial charge in [0.15, 0.2) is 6.04 Å². The van der Waals surface area contributed by atoms with Gasteiger partial charge in [-0.15, -0.1) is 0 Å². The number of carbonyl (C=O) groups excluding carboxylic acids is 2. The Bertz CT molecular complexity index is 975. The molecule has 0 spiro atoms. The molecule has 0 aliphatic heterocycles. The molecule has 0 saturated heterocycles. The van der Waals surface area contributed by atoms with Crippen LogP contribution in [-0.4, -0.2) is 60.8 Å². The summed E-state index contributed by atoms with van der Waals surface area (Å²) in [6.07, 6.45) is -1.45. The minimum absolute atomic E-state index is 0.106. The minimum atomic E-state index is -1.10. The number of nitrogens with one attached hydrogen (secondary N) is 1. The number of amides is 1. The number of carbonyl (C=O) groups is 2. The predicted molar refractivity (Wildman–Crippen MR) is 150 cm³/mol. The molecule has 0 saturated carbocycles. The van der Waals surface area contributed by atoms with E-state index >= 15 is 0 Å². The second-order valence-corrected chi connectivity index (χ2v) is 11.2. The van der Waals surface area contributed by atoms with Crippen molar-refractivity contribution in [3.8, 4) is 0 Å². The molecule has 0 aliphatic carbocycles. The molecule has 0 radical (unpaired) electrons. The first-order valence-corrected chi connectivity index (χ1v) is 13.6. The van der Waals surface area contributed by atoms with Gasteiger partial charge in [0, 0.05) is 19.1 Å². The van der Waals surface area contributed by atoms with Crippen molar-refractivity contribution in [1.29, 1.82) is 0 Å². The fraction of sp³-hybridized carbons (Fsp3) is 0.548. The van der Waals surface area contributed by atoms with Gasteiger partial charge in [0.1, 0.15) is 11.7 Å². The highest BCUT2D eigenvalue weighted by Crippen LogP contribution is 2.21. The number of aliphatic hydroxyl groups excluding tert-OH is 1. The lowest BCUT2D eigenvalue weighted by Crippen LogP contribution is -2.49. The van der Waals surface area contributed by atoms with E-state index in [2.05, 4.69) is 5.32 Å². The molecule has 2 aromatic rings. The van der Waals surface area contributed by atoms with Gasteiger partial charge in [0.2, 0.25) is 0 Å². The van der Waals surface area contributed by atoms with Gasteiger partial charge in [0.05, 0.1) is 19.3 Å². The van der Waals surface area contributed by atoms with Gasteiger partial charge in [-0.3, -0.25) is 0 Å². The fourth-order valence-corrected chi connectivity index (χ4v) is 3.98. The summed E-state index contributed by atoms with van der Waals surface area (Å²) in [6.45, 7) is 11.5. The van der Waals surface area contributed by atoms with E-state index in [1.54, 1.807) is 27.7 Å². The third-order valence-electron chi connectivity index (χ3n) is 5.80. The molecule has 4 atom stereocenters. The average molecular weight is 544 g/mol. The van der Waals surface area contributed by atoms with Crippen LogP contribution in [0, 0.1) is 11.8 Å². The highest BCUT2D eigenvalue weighted by atomic mass is 16.6. The van der Waals surface area contributed by atoms with Gasteiger partial charge in [-0.05, 0) is 51.2 Å². The zero-order valence-corrected chi connectivity index (χ0v) is 24.1. The predicted octanol–water partition coefficient (Wildman–Crippen LogP) is 4.92. The van der Waals surface area contributed by atoms with E-state index in [1.165, 1.54) is 0 Å². The number of hydrogen-bond donors (Lipinski definition) is 2. The van der Waals surface area contributed by atoms with E-state index in [-0.39, 0.29) is 31.7 Å². The van der Waals surface area contributed by atoms with E-state index in [0.29, 0.717) is 13.0 Å². The standard InChI is InChI=1S/C31H45NO7/c1-22(2)19-37-28(26(18-33)17-24-13-9-7-10-14-24)23(3)38-29(34)27(32-30(35)39-31(4,5)6)21-36-20-25-15-11-8-12-16-25/h7-16,22-23,26-28,33H,17-21H2,1-6H3,(H,32,35)/t23-,26-,27-,28-/m0/s1. The number of rotatable bonds is 15. The van der Waals surface area contributed by atoms with Crippen LogP contribution in [0.15, 0.2) is 60.7 Å². The number of esters is 1. The Morgan fingerprint density at radius 2 is 1.49 bits per heavy atom. The highest BCUT2D eigenvalue weighted by Gasteiger charge is 2.33. The molecule has 8 heteroatoms. The Morgan fingerprint density at radius 1 is 0.897 bits per heavy atom. The molecule has 0 fully saturated rings. The van der Waals surface area contributed by atoms with Crippen molar-refractivity contribution in [3.63, 3.8) is 0 Å². The van der Waals surface area contributed by atoms with E-state index < -0.39 is 35.9 Å². The second-order valence-electron chi connectivity index (χ2n) is 11.2. The van der Waals surface area contributed by atoms with Gasteiger partial charge in [-0.1, -0.05) is 74.5 Å². The monoisotopic (exact) mass is 543 g/mol. The van der Waals surface area contributed by atoms with E-state index in [1.807, 2.05) is 74.5 Å². The molecule has 39 heavy (non-hydrogen) atoms. The average Bonchev–Trinajstić information content (AvgIpc) is 2.87. The molecule has 0 unspecified atom stereocenters. The normalized spacial score (nSPS) is 14.8. The lowest BCUT2D eigenvalue weighted by atomic mass is 9.91. The number of alkyl carbamates (subject to hydrolysis) is 1. The van der Waals surface area contributed by atoms with Crippen molar-refractivity contribution in [3.05, 3.63) is 71.8 Å². The van der Waals surface area contributed by atoms with Crippen LogP contribution in [0.4, 0.5) is 4.79 Å². The molecule has 0 heterocycles. The molecule has 0 bridgehead atoms. The summed E-state index contributed by atoms with van der Waals surface area (Å²) >= 11 is 0. The third kappa shape index (κ3) is 12.6. The first-order chi connectivity index (χ1) is 18.5. The fourth-order valence-electron chi connectivity index (χ4n) is 3.98. The van der Waals surface area contributed by atoms with Crippen LogP contribution >= 0.6 is 0 Å². The number of aliphatic hydroxyl groups is 1. The zero-order chi connectivity index (χ0) is 28.8. The minimum Gasteiger partial charge on any atom is -0.458 e. The lowest BCUT2D eigenvalue weighted by Gasteiger charge is -2.32. The van der Waals surface area contributed by atoms with Gasteiger partial charge >= 0.3 is 12.1 Å². The van der Waals surface area contributed by atoms with Gasteiger partial charge in [0.25, 0.3) is 0 Å². The summed E-state index contributed by atoms with van der Waals surface area (Å²) in [5, 5.41) is 12.8. The summed E-state index contributed by atoms with van der Waals surface area (Å²) in [5.41, 5.74) is 1.24. The van der Waals surface area contributed by atoms with Crippen molar-refractivity contribution in [1.82, 2.24) is 5.32 Å². The van der Waals surface area contributed by atoms with Gasteiger partial charge in [-0.2, -0.15) is 0 Å². The summed E-state index contributed by atoms with van der Waals surface area (Å²) in [4.78, 5) is 25.8. The Labute approximate surface area is 233 Å². The van der Waals surface area contributed by atoms with Crippen molar-refractivity contribution in [2.75, 3.05) is 19.8 Å². The van der Waals surface area contributed by atoms with E-state index in [0.717, 1.165) is 11.1 Å². The first kappa shape index (κ1) is 32.3. The van der Waals surface area contributed by atoms with Crippen LogP contribution in [0.5, 0.6) is 0 Å². The Morgan fingerprint density at radius 3 is 2.03 bits per heavy atom. The lowest BCUT2D eigenvalue weighted by molar-refractivity contribution is -0.165. The maximum Gasteiger partial charge on any atom is 0.408 e. The SMILES string of the molecule is CC(C)CO[C@H]([C@H](CO)Cc1ccccc1)[C@H](C)OC(=O)[C@H](COCc1ccccc1)NC(=O)OC(C)(C)C. The maximum absolute atomic E-state index is 13.3. The molecule has 216 valence electrons. The van der Waals surface area contributed by atoms with Crippen LogP contribution in [0.1, 0.15) is 52.7 Å². The van der Waals surface area contributed by atoms with Gasteiger partial charge in [-0.25, -0.2) is 9.59 Å². The van der Waals surface area contributed by atoms with Crippen LogP contribution in [-0.2, 0) is 36.8 Å². The highest BCUT2D eigenvalue weighted by molar-refractivity contribution is 5.81. The third-order valence-corrected chi connectivity index (χ3v) is 5.80. The number of hydrogen-bond acceptors (Lipinski definition) is 7. The van der Waals surface area contributed by atoms with Crippen molar-refractivity contribution >= 4 is 12.1 Å². The molecule has 2 N–H and O–H groups in total. The second kappa shape index (κ2) is 16.2. The van der Waals surface area contributed by atoms with Crippen LogP contribution < -0.4 is 5.32 Å². The van der Waals surface area contributed by atoms with Gasteiger partial charge < -0.3 is 29.4 Å². The summed E-state index contributed by atoms with van der Waals surface area (Å²) in [7, 11) is 0. The molecule has 2 rings (SSSR count). The molecule has 2 aromatic carbocycles.